The number of Topliss-reactive ketones (excluding diaryl/α,β-unsaturated/α-hetero) is 2. The number of rotatable bonds is 11. The third-order valence-electron chi connectivity index (χ3n) is 8.13. The van der Waals surface area contributed by atoms with Gasteiger partial charge in [0.2, 0.25) is 0 Å². The molecule has 2 nitrogen and oxygen atoms in total. The molecule has 1 saturated carbocycles. The second-order valence-corrected chi connectivity index (χ2v) is 11.1. The fourth-order valence-electron chi connectivity index (χ4n) is 5.70. The van der Waals surface area contributed by atoms with Gasteiger partial charge in [0, 0.05) is 24.8 Å². The lowest BCUT2D eigenvalue weighted by atomic mass is 9.82. The first-order chi connectivity index (χ1) is 17.9. The predicted octanol–water partition coefficient (Wildman–Crippen LogP) is 8.35. The van der Waals surface area contributed by atoms with Gasteiger partial charge in [-0.25, -0.2) is 0 Å². The molecule has 2 heteroatoms. The molecule has 0 N–H and O–H groups in total. The summed E-state index contributed by atoms with van der Waals surface area (Å²) in [5.74, 6) is 1.29. The second kappa shape index (κ2) is 13.0. The van der Waals surface area contributed by atoms with Gasteiger partial charge in [-0.3, -0.25) is 9.59 Å². The van der Waals surface area contributed by atoms with Crippen molar-refractivity contribution < 1.29 is 9.59 Å². The lowest BCUT2D eigenvalue weighted by molar-refractivity contribution is -0.118. The Morgan fingerprint density at radius 1 is 0.784 bits per heavy atom. The molecule has 1 aliphatic carbocycles. The summed E-state index contributed by atoms with van der Waals surface area (Å²) in [7, 11) is 0. The van der Waals surface area contributed by atoms with Crippen molar-refractivity contribution in [2.75, 3.05) is 0 Å². The van der Waals surface area contributed by atoms with Crippen molar-refractivity contribution >= 4 is 11.6 Å². The zero-order valence-electron chi connectivity index (χ0n) is 22.9. The molecule has 0 radical (unpaired) electrons. The third kappa shape index (κ3) is 7.74. The second-order valence-electron chi connectivity index (χ2n) is 11.1. The summed E-state index contributed by atoms with van der Waals surface area (Å²) in [6.45, 7) is 6.25. The summed E-state index contributed by atoms with van der Waals surface area (Å²) in [5, 5.41) is 0. The van der Waals surface area contributed by atoms with Crippen molar-refractivity contribution in [3.63, 3.8) is 0 Å². The standard InChI is InChI=1S/C35H42O2/c1-4-35(37)31-12-8-11-30(23-31)21-29-15-13-27(14-16-29)17-18-34(36)24-33-20-26(3)25(2)19-32(33)22-28-9-6-5-7-10-28/h8,11-16,19-20,23,28H,4-7,9-10,17-18,21-22,24H2,1-3H3. The van der Waals surface area contributed by atoms with Gasteiger partial charge < -0.3 is 0 Å². The van der Waals surface area contributed by atoms with E-state index >= 15 is 0 Å². The number of benzene rings is 3. The van der Waals surface area contributed by atoms with Crippen LogP contribution in [0.3, 0.4) is 0 Å². The van der Waals surface area contributed by atoms with Crippen molar-refractivity contribution in [3.05, 3.63) is 105 Å². The first-order valence-corrected chi connectivity index (χ1v) is 14.2. The van der Waals surface area contributed by atoms with Gasteiger partial charge in [-0.2, -0.15) is 0 Å². The Morgan fingerprint density at radius 2 is 1.46 bits per heavy atom. The summed E-state index contributed by atoms with van der Waals surface area (Å²) in [4.78, 5) is 25.0. The van der Waals surface area contributed by atoms with Crippen LogP contribution in [0.1, 0.15) is 101 Å². The van der Waals surface area contributed by atoms with Gasteiger partial charge in [-0.05, 0) is 84.0 Å². The third-order valence-corrected chi connectivity index (χ3v) is 8.13. The lowest BCUT2D eigenvalue weighted by Gasteiger charge is -2.23. The van der Waals surface area contributed by atoms with Gasteiger partial charge in [-0.1, -0.05) is 93.6 Å². The Labute approximate surface area is 223 Å². The maximum absolute atomic E-state index is 13.0. The molecule has 0 bridgehead atoms. The van der Waals surface area contributed by atoms with Crippen LogP contribution in [-0.4, -0.2) is 11.6 Å². The molecule has 0 amide bonds. The molecular weight excluding hydrogens is 452 g/mol. The fraction of sp³-hybridized carbons (Fsp3) is 0.429. The van der Waals surface area contributed by atoms with Crippen LogP contribution < -0.4 is 0 Å². The Balaban J connectivity index is 1.33. The van der Waals surface area contributed by atoms with Crippen LogP contribution in [-0.2, 0) is 30.5 Å². The summed E-state index contributed by atoms with van der Waals surface area (Å²) in [6.07, 6.45) is 11.1. The van der Waals surface area contributed by atoms with E-state index in [1.165, 1.54) is 65.5 Å². The van der Waals surface area contributed by atoms with E-state index in [0.29, 0.717) is 25.0 Å². The van der Waals surface area contributed by atoms with Gasteiger partial charge in [0.15, 0.2) is 5.78 Å². The number of hydrogen-bond donors (Lipinski definition) is 0. The summed E-state index contributed by atoms with van der Waals surface area (Å²) in [6, 6.07) is 21.2. The van der Waals surface area contributed by atoms with Crippen LogP contribution >= 0.6 is 0 Å². The lowest BCUT2D eigenvalue weighted by Crippen LogP contribution is -2.13. The molecule has 37 heavy (non-hydrogen) atoms. The van der Waals surface area contributed by atoms with Crippen molar-refractivity contribution in [1.29, 1.82) is 0 Å². The summed E-state index contributed by atoms with van der Waals surface area (Å²) < 4.78 is 0. The highest BCUT2D eigenvalue weighted by atomic mass is 16.1. The zero-order chi connectivity index (χ0) is 26.2. The molecule has 0 atom stereocenters. The fourth-order valence-corrected chi connectivity index (χ4v) is 5.70. The van der Waals surface area contributed by atoms with E-state index in [0.717, 1.165) is 36.3 Å². The average Bonchev–Trinajstić information content (AvgIpc) is 2.91. The maximum atomic E-state index is 13.0. The Bertz CT molecular complexity index is 1210. The van der Waals surface area contributed by atoms with E-state index in [-0.39, 0.29) is 5.78 Å². The number of carbonyl (C=O) groups is 2. The molecule has 0 unspecified atom stereocenters. The molecule has 194 valence electrons. The first kappa shape index (κ1) is 27.0. The van der Waals surface area contributed by atoms with Gasteiger partial charge in [0.05, 0.1) is 0 Å². The average molecular weight is 495 g/mol. The molecule has 3 aromatic rings. The first-order valence-electron chi connectivity index (χ1n) is 14.2. The van der Waals surface area contributed by atoms with E-state index < -0.39 is 0 Å². The van der Waals surface area contributed by atoms with Crippen molar-refractivity contribution in [2.24, 2.45) is 5.92 Å². The van der Waals surface area contributed by atoms with Gasteiger partial charge in [0.1, 0.15) is 5.78 Å². The molecule has 1 aliphatic rings. The highest BCUT2D eigenvalue weighted by molar-refractivity contribution is 5.96. The topological polar surface area (TPSA) is 34.1 Å². The summed E-state index contributed by atoms with van der Waals surface area (Å²) in [5.41, 5.74) is 9.64. The highest BCUT2D eigenvalue weighted by Gasteiger charge is 2.17. The largest absolute Gasteiger partial charge is 0.299 e. The molecular formula is C35H42O2. The summed E-state index contributed by atoms with van der Waals surface area (Å²) >= 11 is 0. The van der Waals surface area contributed by atoms with Gasteiger partial charge >= 0.3 is 0 Å². The molecule has 0 heterocycles. The molecule has 3 aromatic carbocycles. The molecule has 0 aliphatic heterocycles. The van der Waals surface area contributed by atoms with Crippen LogP contribution in [0.4, 0.5) is 0 Å². The van der Waals surface area contributed by atoms with E-state index in [1.54, 1.807) is 0 Å². The normalized spacial score (nSPS) is 14.0. The Hall–Kier alpha value is -3.00. The van der Waals surface area contributed by atoms with Gasteiger partial charge in [-0.15, -0.1) is 0 Å². The van der Waals surface area contributed by atoms with Crippen molar-refractivity contribution in [2.45, 2.75) is 91.4 Å². The van der Waals surface area contributed by atoms with Crippen LogP contribution in [0.2, 0.25) is 0 Å². The predicted molar refractivity (Wildman–Crippen MR) is 154 cm³/mol. The van der Waals surface area contributed by atoms with E-state index in [9.17, 15) is 9.59 Å². The minimum absolute atomic E-state index is 0.184. The maximum Gasteiger partial charge on any atom is 0.162 e. The van der Waals surface area contributed by atoms with Crippen molar-refractivity contribution in [1.82, 2.24) is 0 Å². The monoisotopic (exact) mass is 494 g/mol. The van der Waals surface area contributed by atoms with Crippen LogP contribution in [0.5, 0.6) is 0 Å². The molecule has 1 fully saturated rings. The van der Waals surface area contributed by atoms with Crippen LogP contribution in [0.15, 0.2) is 60.7 Å². The molecule has 0 saturated heterocycles. The number of ketones is 2. The van der Waals surface area contributed by atoms with E-state index in [2.05, 4.69) is 56.3 Å². The molecule has 0 aromatic heterocycles. The van der Waals surface area contributed by atoms with Crippen LogP contribution in [0, 0.1) is 19.8 Å². The Kier molecular flexibility index (Phi) is 9.50. The molecule has 0 spiro atoms. The van der Waals surface area contributed by atoms with E-state index in [4.69, 9.17) is 0 Å². The number of hydrogen-bond acceptors (Lipinski definition) is 2. The number of carbonyl (C=O) groups excluding carboxylic acids is 2. The zero-order valence-corrected chi connectivity index (χ0v) is 22.9. The van der Waals surface area contributed by atoms with Gasteiger partial charge in [0.25, 0.3) is 0 Å². The minimum atomic E-state index is 0.184. The molecule has 4 rings (SSSR count). The minimum Gasteiger partial charge on any atom is -0.299 e. The SMILES string of the molecule is CCC(=O)c1cccc(Cc2ccc(CCC(=O)Cc3cc(C)c(C)cc3CC3CCCCC3)cc2)c1. The van der Waals surface area contributed by atoms with Crippen LogP contribution in [0.25, 0.3) is 0 Å². The van der Waals surface area contributed by atoms with E-state index in [1.807, 2.05) is 25.1 Å². The quantitative estimate of drug-likeness (QED) is 0.251. The number of aryl methyl sites for hydroxylation is 3. The smallest absolute Gasteiger partial charge is 0.162 e. The highest BCUT2D eigenvalue weighted by Crippen LogP contribution is 2.29. The van der Waals surface area contributed by atoms with Crippen molar-refractivity contribution in [3.8, 4) is 0 Å². The Morgan fingerprint density at radius 3 is 2.16 bits per heavy atom.